The molecule has 1 atom stereocenters. The van der Waals surface area contributed by atoms with E-state index in [0.29, 0.717) is 6.61 Å². The van der Waals surface area contributed by atoms with Crippen LogP contribution in [0.2, 0.25) is 0 Å². The Kier molecular flexibility index (Phi) is 2.61. The molecule has 0 spiro atoms. The Morgan fingerprint density at radius 2 is 2.15 bits per heavy atom. The SMILES string of the molecule is CC1(CO)CCCCN1CC1CC1. The maximum absolute atomic E-state index is 9.41. The van der Waals surface area contributed by atoms with Gasteiger partial charge in [0.15, 0.2) is 0 Å². The maximum Gasteiger partial charge on any atom is 0.0612 e. The zero-order valence-electron chi connectivity index (χ0n) is 8.63. The van der Waals surface area contributed by atoms with E-state index in [9.17, 15) is 5.11 Å². The second-order valence-electron chi connectivity index (χ2n) is 5.00. The second-order valence-corrected chi connectivity index (χ2v) is 5.00. The van der Waals surface area contributed by atoms with Crippen LogP contribution >= 0.6 is 0 Å². The van der Waals surface area contributed by atoms with E-state index < -0.39 is 0 Å². The molecule has 2 nitrogen and oxygen atoms in total. The van der Waals surface area contributed by atoms with Gasteiger partial charge in [0.1, 0.15) is 0 Å². The standard InChI is InChI=1S/C11H21NO/c1-11(9-13)6-2-3-7-12(11)8-10-4-5-10/h10,13H,2-9H2,1H3. The molecule has 0 radical (unpaired) electrons. The molecular weight excluding hydrogens is 162 g/mol. The Balaban J connectivity index is 1.94. The van der Waals surface area contributed by atoms with Crippen molar-refractivity contribution in [3.05, 3.63) is 0 Å². The number of hydrogen-bond donors (Lipinski definition) is 1. The summed E-state index contributed by atoms with van der Waals surface area (Å²) in [7, 11) is 0. The highest BCUT2D eigenvalue weighted by molar-refractivity contribution is 4.91. The van der Waals surface area contributed by atoms with Crippen LogP contribution in [-0.4, -0.2) is 35.2 Å². The summed E-state index contributed by atoms with van der Waals surface area (Å²) in [5, 5.41) is 9.41. The highest BCUT2D eigenvalue weighted by Crippen LogP contribution is 2.35. The number of aliphatic hydroxyl groups is 1. The van der Waals surface area contributed by atoms with Crippen molar-refractivity contribution in [3.8, 4) is 0 Å². The molecule has 1 saturated heterocycles. The first-order valence-electron chi connectivity index (χ1n) is 5.60. The fourth-order valence-corrected chi connectivity index (χ4v) is 2.34. The van der Waals surface area contributed by atoms with Crippen LogP contribution in [-0.2, 0) is 0 Å². The molecule has 13 heavy (non-hydrogen) atoms. The third kappa shape index (κ3) is 2.05. The van der Waals surface area contributed by atoms with Crippen molar-refractivity contribution < 1.29 is 5.11 Å². The highest BCUT2D eigenvalue weighted by atomic mass is 16.3. The minimum Gasteiger partial charge on any atom is -0.394 e. The predicted octanol–water partition coefficient (Wildman–Crippen LogP) is 1.63. The lowest BCUT2D eigenvalue weighted by Crippen LogP contribution is -2.52. The van der Waals surface area contributed by atoms with Gasteiger partial charge in [-0.3, -0.25) is 4.90 Å². The molecule has 0 aromatic carbocycles. The Hall–Kier alpha value is -0.0800. The van der Waals surface area contributed by atoms with Crippen LogP contribution in [0.25, 0.3) is 0 Å². The number of nitrogens with zero attached hydrogens (tertiary/aromatic N) is 1. The van der Waals surface area contributed by atoms with Crippen molar-refractivity contribution in [2.45, 2.75) is 44.6 Å². The number of aliphatic hydroxyl groups excluding tert-OH is 1. The number of piperidine rings is 1. The fraction of sp³-hybridized carbons (Fsp3) is 1.00. The average molecular weight is 183 g/mol. The van der Waals surface area contributed by atoms with Crippen LogP contribution in [0.4, 0.5) is 0 Å². The molecule has 1 aliphatic heterocycles. The molecule has 76 valence electrons. The summed E-state index contributed by atoms with van der Waals surface area (Å²) in [5.41, 5.74) is 0.0981. The number of likely N-dealkylation sites (tertiary alicyclic amines) is 1. The van der Waals surface area contributed by atoms with Gasteiger partial charge in [-0.05, 0) is 45.1 Å². The van der Waals surface area contributed by atoms with Crippen LogP contribution < -0.4 is 0 Å². The molecular formula is C11H21NO. The summed E-state index contributed by atoms with van der Waals surface area (Å²) in [6, 6.07) is 0. The van der Waals surface area contributed by atoms with E-state index in [1.54, 1.807) is 0 Å². The first-order valence-corrected chi connectivity index (χ1v) is 5.60. The molecule has 0 aromatic rings. The normalized spacial score (nSPS) is 36.5. The highest BCUT2D eigenvalue weighted by Gasteiger charge is 2.36. The molecule has 1 unspecified atom stereocenters. The topological polar surface area (TPSA) is 23.5 Å². The summed E-state index contributed by atoms with van der Waals surface area (Å²) in [6.07, 6.45) is 6.62. The molecule has 0 amide bonds. The van der Waals surface area contributed by atoms with E-state index in [1.165, 1.54) is 45.2 Å². The Morgan fingerprint density at radius 3 is 2.77 bits per heavy atom. The molecule has 1 N–H and O–H groups in total. The summed E-state index contributed by atoms with van der Waals surface area (Å²) >= 11 is 0. The molecule has 2 aliphatic rings. The molecule has 0 bridgehead atoms. The van der Waals surface area contributed by atoms with Crippen molar-refractivity contribution in [1.29, 1.82) is 0 Å². The van der Waals surface area contributed by atoms with E-state index in [-0.39, 0.29) is 5.54 Å². The predicted molar refractivity (Wildman–Crippen MR) is 53.6 cm³/mol. The number of hydrogen-bond acceptors (Lipinski definition) is 2. The zero-order chi connectivity index (χ0) is 9.31. The molecule has 2 heteroatoms. The van der Waals surface area contributed by atoms with Crippen LogP contribution in [0.3, 0.4) is 0 Å². The molecule has 1 aliphatic carbocycles. The zero-order valence-corrected chi connectivity index (χ0v) is 8.63. The first-order chi connectivity index (χ1) is 6.24. The van der Waals surface area contributed by atoms with Gasteiger partial charge in [-0.2, -0.15) is 0 Å². The molecule has 2 fully saturated rings. The smallest absolute Gasteiger partial charge is 0.0612 e. The van der Waals surface area contributed by atoms with Crippen molar-refractivity contribution in [2.24, 2.45) is 5.92 Å². The summed E-state index contributed by atoms with van der Waals surface area (Å²) in [5.74, 6) is 0.948. The van der Waals surface area contributed by atoms with Gasteiger partial charge in [0.2, 0.25) is 0 Å². The van der Waals surface area contributed by atoms with E-state index in [2.05, 4.69) is 11.8 Å². The van der Waals surface area contributed by atoms with Crippen molar-refractivity contribution >= 4 is 0 Å². The van der Waals surface area contributed by atoms with Gasteiger partial charge < -0.3 is 5.11 Å². The van der Waals surface area contributed by atoms with Gasteiger partial charge in [0, 0.05) is 12.1 Å². The third-order valence-corrected chi connectivity index (χ3v) is 3.67. The van der Waals surface area contributed by atoms with Crippen LogP contribution in [0.1, 0.15) is 39.0 Å². The van der Waals surface area contributed by atoms with E-state index in [4.69, 9.17) is 0 Å². The Labute approximate surface area is 80.9 Å². The minimum atomic E-state index is 0.0981. The summed E-state index contributed by atoms with van der Waals surface area (Å²) < 4.78 is 0. The average Bonchev–Trinajstić information content (AvgIpc) is 2.93. The van der Waals surface area contributed by atoms with Crippen LogP contribution in [0.15, 0.2) is 0 Å². The quantitative estimate of drug-likeness (QED) is 0.719. The van der Waals surface area contributed by atoms with Gasteiger partial charge in [-0.1, -0.05) is 6.42 Å². The van der Waals surface area contributed by atoms with E-state index in [1.807, 2.05) is 0 Å². The molecule has 0 aromatic heterocycles. The lowest BCUT2D eigenvalue weighted by Gasteiger charge is -2.44. The molecule has 2 rings (SSSR count). The van der Waals surface area contributed by atoms with Crippen LogP contribution in [0, 0.1) is 5.92 Å². The lowest BCUT2D eigenvalue weighted by atomic mass is 9.89. The van der Waals surface area contributed by atoms with Crippen LogP contribution in [0.5, 0.6) is 0 Å². The van der Waals surface area contributed by atoms with E-state index in [0.717, 1.165) is 5.92 Å². The number of rotatable bonds is 3. The Bertz CT molecular complexity index is 179. The molecule has 1 saturated carbocycles. The maximum atomic E-state index is 9.41. The minimum absolute atomic E-state index is 0.0981. The van der Waals surface area contributed by atoms with Crippen molar-refractivity contribution in [2.75, 3.05) is 19.7 Å². The third-order valence-electron chi connectivity index (χ3n) is 3.67. The van der Waals surface area contributed by atoms with Crippen molar-refractivity contribution in [1.82, 2.24) is 4.90 Å². The first kappa shape index (κ1) is 9.47. The van der Waals surface area contributed by atoms with E-state index >= 15 is 0 Å². The van der Waals surface area contributed by atoms with Gasteiger partial charge in [-0.15, -0.1) is 0 Å². The van der Waals surface area contributed by atoms with Crippen molar-refractivity contribution in [3.63, 3.8) is 0 Å². The molecule has 1 heterocycles. The largest absolute Gasteiger partial charge is 0.394 e. The van der Waals surface area contributed by atoms with Gasteiger partial charge in [-0.25, -0.2) is 0 Å². The van der Waals surface area contributed by atoms with Gasteiger partial charge in [0.05, 0.1) is 6.61 Å². The fourth-order valence-electron chi connectivity index (χ4n) is 2.34. The lowest BCUT2D eigenvalue weighted by molar-refractivity contribution is 0.00921. The Morgan fingerprint density at radius 1 is 1.38 bits per heavy atom. The van der Waals surface area contributed by atoms with Gasteiger partial charge in [0.25, 0.3) is 0 Å². The summed E-state index contributed by atoms with van der Waals surface area (Å²) in [6.45, 7) is 4.99. The summed E-state index contributed by atoms with van der Waals surface area (Å²) in [4.78, 5) is 2.52. The van der Waals surface area contributed by atoms with Gasteiger partial charge >= 0.3 is 0 Å². The monoisotopic (exact) mass is 183 g/mol. The second kappa shape index (κ2) is 3.58.